The molecule has 2 aliphatic rings. The van der Waals surface area contributed by atoms with Gasteiger partial charge in [0.1, 0.15) is 0 Å². The maximum atomic E-state index is 2.65. The highest BCUT2D eigenvalue weighted by molar-refractivity contribution is 5.58. The normalized spacial score (nSPS) is 29.9. The highest BCUT2D eigenvalue weighted by Gasteiger charge is 2.34. The summed E-state index contributed by atoms with van der Waals surface area (Å²) in [7, 11) is 0. The molecule has 0 radical (unpaired) electrons. The Balaban J connectivity index is 2.07. The SMILES string of the molecule is C[C@@H]1CC[C@@H]2CCc3ccccc3N21. The lowest BCUT2D eigenvalue weighted by Gasteiger charge is -2.36. The molecule has 74 valence electrons. The molecule has 1 heteroatoms. The quantitative estimate of drug-likeness (QED) is 0.603. The van der Waals surface area contributed by atoms with E-state index in [1.54, 1.807) is 5.56 Å². The molecule has 0 saturated carbocycles. The van der Waals surface area contributed by atoms with Crippen molar-refractivity contribution in [1.82, 2.24) is 0 Å². The summed E-state index contributed by atoms with van der Waals surface area (Å²) in [4.78, 5) is 2.65. The Labute approximate surface area is 85.7 Å². The summed E-state index contributed by atoms with van der Waals surface area (Å²) in [5, 5.41) is 0. The number of rotatable bonds is 0. The number of nitrogens with zero attached hydrogens (tertiary/aromatic N) is 1. The van der Waals surface area contributed by atoms with Gasteiger partial charge in [0.05, 0.1) is 0 Å². The van der Waals surface area contributed by atoms with Crippen LogP contribution in [-0.2, 0) is 6.42 Å². The van der Waals surface area contributed by atoms with Gasteiger partial charge in [-0.2, -0.15) is 0 Å². The summed E-state index contributed by atoms with van der Waals surface area (Å²) < 4.78 is 0. The molecule has 0 bridgehead atoms. The molecule has 0 unspecified atom stereocenters. The minimum Gasteiger partial charge on any atom is -0.366 e. The Kier molecular flexibility index (Phi) is 1.79. The summed E-state index contributed by atoms with van der Waals surface area (Å²) >= 11 is 0. The average molecular weight is 187 g/mol. The Morgan fingerprint density at radius 1 is 1.14 bits per heavy atom. The molecular weight excluding hydrogens is 170 g/mol. The maximum absolute atomic E-state index is 2.65. The largest absolute Gasteiger partial charge is 0.366 e. The van der Waals surface area contributed by atoms with Crippen LogP contribution in [0.2, 0.25) is 0 Å². The van der Waals surface area contributed by atoms with E-state index in [0.29, 0.717) is 0 Å². The molecule has 0 amide bonds. The van der Waals surface area contributed by atoms with E-state index >= 15 is 0 Å². The summed E-state index contributed by atoms with van der Waals surface area (Å²) in [6.45, 7) is 2.36. The summed E-state index contributed by atoms with van der Waals surface area (Å²) in [6, 6.07) is 10.5. The van der Waals surface area contributed by atoms with Crippen molar-refractivity contribution in [1.29, 1.82) is 0 Å². The molecule has 1 fully saturated rings. The van der Waals surface area contributed by atoms with E-state index in [4.69, 9.17) is 0 Å². The van der Waals surface area contributed by atoms with Crippen molar-refractivity contribution < 1.29 is 0 Å². The standard InChI is InChI=1S/C13H17N/c1-10-6-8-12-9-7-11-4-2-3-5-13(11)14(10)12/h2-5,10,12H,6-9H2,1H3/t10-,12-/m1/s1. The fraction of sp³-hybridized carbons (Fsp3) is 0.538. The molecule has 1 saturated heterocycles. The third-order valence-corrected chi connectivity index (χ3v) is 3.80. The topological polar surface area (TPSA) is 3.24 Å². The second-order valence-electron chi connectivity index (χ2n) is 4.65. The zero-order valence-corrected chi connectivity index (χ0v) is 8.74. The van der Waals surface area contributed by atoms with Crippen LogP contribution in [0.3, 0.4) is 0 Å². The molecule has 1 aromatic rings. The molecule has 0 spiro atoms. The summed E-state index contributed by atoms with van der Waals surface area (Å²) in [5.41, 5.74) is 3.06. The molecule has 2 atom stereocenters. The van der Waals surface area contributed by atoms with E-state index in [2.05, 4.69) is 36.1 Å². The van der Waals surface area contributed by atoms with E-state index < -0.39 is 0 Å². The number of anilines is 1. The van der Waals surface area contributed by atoms with Crippen LogP contribution in [-0.4, -0.2) is 12.1 Å². The predicted octanol–water partition coefficient (Wildman–Crippen LogP) is 2.99. The Hall–Kier alpha value is -0.980. The third-order valence-electron chi connectivity index (χ3n) is 3.80. The molecule has 2 aliphatic heterocycles. The van der Waals surface area contributed by atoms with Crippen molar-refractivity contribution >= 4 is 5.69 Å². The van der Waals surface area contributed by atoms with Crippen LogP contribution >= 0.6 is 0 Å². The van der Waals surface area contributed by atoms with Gasteiger partial charge in [-0.25, -0.2) is 0 Å². The zero-order chi connectivity index (χ0) is 9.54. The molecular formula is C13H17N. The first kappa shape index (κ1) is 8.34. The van der Waals surface area contributed by atoms with Crippen LogP contribution in [0.4, 0.5) is 5.69 Å². The van der Waals surface area contributed by atoms with Gasteiger partial charge in [0, 0.05) is 17.8 Å². The Morgan fingerprint density at radius 2 is 2.00 bits per heavy atom. The van der Waals surface area contributed by atoms with Crippen LogP contribution in [0.25, 0.3) is 0 Å². The average Bonchev–Trinajstić information content (AvgIpc) is 2.61. The van der Waals surface area contributed by atoms with Gasteiger partial charge in [0.25, 0.3) is 0 Å². The Morgan fingerprint density at radius 3 is 2.93 bits per heavy atom. The summed E-state index contributed by atoms with van der Waals surface area (Å²) in [5.74, 6) is 0. The van der Waals surface area contributed by atoms with E-state index in [-0.39, 0.29) is 0 Å². The number of para-hydroxylation sites is 1. The number of hydrogen-bond acceptors (Lipinski definition) is 1. The van der Waals surface area contributed by atoms with Crippen molar-refractivity contribution in [3.05, 3.63) is 29.8 Å². The van der Waals surface area contributed by atoms with Crippen LogP contribution in [0, 0.1) is 0 Å². The fourth-order valence-electron chi connectivity index (χ4n) is 3.09. The smallest absolute Gasteiger partial charge is 0.0403 e. The van der Waals surface area contributed by atoms with Gasteiger partial charge >= 0.3 is 0 Å². The first-order valence-electron chi connectivity index (χ1n) is 5.72. The highest BCUT2D eigenvalue weighted by Crippen LogP contribution is 2.38. The van der Waals surface area contributed by atoms with Gasteiger partial charge in [0.2, 0.25) is 0 Å². The molecule has 3 rings (SSSR count). The van der Waals surface area contributed by atoms with Gasteiger partial charge in [-0.1, -0.05) is 18.2 Å². The van der Waals surface area contributed by atoms with Crippen LogP contribution in [0.5, 0.6) is 0 Å². The van der Waals surface area contributed by atoms with E-state index in [1.165, 1.54) is 31.4 Å². The van der Waals surface area contributed by atoms with Crippen molar-refractivity contribution in [2.24, 2.45) is 0 Å². The van der Waals surface area contributed by atoms with Gasteiger partial charge < -0.3 is 4.90 Å². The van der Waals surface area contributed by atoms with Crippen molar-refractivity contribution in [2.75, 3.05) is 4.90 Å². The highest BCUT2D eigenvalue weighted by atomic mass is 15.2. The number of benzene rings is 1. The second kappa shape index (κ2) is 3.01. The molecule has 0 aromatic heterocycles. The van der Waals surface area contributed by atoms with Crippen LogP contribution < -0.4 is 4.90 Å². The maximum Gasteiger partial charge on any atom is 0.0403 e. The third kappa shape index (κ3) is 1.08. The lowest BCUT2D eigenvalue weighted by Crippen LogP contribution is -2.38. The second-order valence-corrected chi connectivity index (χ2v) is 4.65. The monoisotopic (exact) mass is 187 g/mol. The van der Waals surface area contributed by atoms with Gasteiger partial charge in [-0.3, -0.25) is 0 Å². The molecule has 1 nitrogen and oxygen atoms in total. The van der Waals surface area contributed by atoms with E-state index in [1.807, 2.05) is 0 Å². The van der Waals surface area contributed by atoms with Crippen molar-refractivity contribution in [3.63, 3.8) is 0 Å². The van der Waals surface area contributed by atoms with Gasteiger partial charge in [-0.15, -0.1) is 0 Å². The fourth-order valence-corrected chi connectivity index (χ4v) is 3.09. The molecule has 14 heavy (non-hydrogen) atoms. The predicted molar refractivity (Wildman–Crippen MR) is 59.7 cm³/mol. The Bertz CT molecular complexity index is 345. The first-order valence-corrected chi connectivity index (χ1v) is 5.72. The van der Waals surface area contributed by atoms with Crippen LogP contribution in [0.1, 0.15) is 31.7 Å². The first-order chi connectivity index (χ1) is 6.86. The number of aryl methyl sites for hydroxylation is 1. The minimum atomic E-state index is 0.751. The van der Waals surface area contributed by atoms with Crippen molar-refractivity contribution in [3.8, 4) is 0 Å². The van der Waals surface area contributed by atoms with E-state index in [0.717, 1.165) is 12.1 Å². The van der Waals surface area contributed by atoms with Gasteiger partial charge in [-0.05, 0) is 44.2 Å². The van der Waals surface area contributed by atoms with E-state index in [9.17, 15) is 0 Å². The van der Waals surface area contributed by atoms with Gasteiger partial charge in [0.15, 0.2) is 0 Å². The number of hydrogen-bond donors (Lipinski definition) is 0. The summed E-state index contributed by atoms with van der Waals surface area (Å²) in [6.07, 6.45) is 5.42. The lowest BCUT2D eigenvalue weighted by atomic mass is 9.96. The van der Waals surface area contributed by atoms with Crippen molar-refractivity contribution in [2.45, 2.75) is 44.7 Å². The molecule has 2 heterocycles. The minimum absolute atomic E-state index is 0.751. The zero-order valence-electron chi connectivity index (χ0n) is 8.74. The number of fused-ring (bicyclic) bond motifs is 3. The molecule has 0 aliphatic carbocycles. The molecule has 1 aromatic carbocycles. The molecule has 0 N–H and O–H groups in total. The van der Waals surface area contributed by atoms with Crippen LogP contribution in [0.15, 0.2) is 24.3 Å². The lowest BCUT2D eigenvalue weighted by molar-refractivity contribution is 0.571.